The average molecular weight is 411 g/mol. The molecular formula is C23H30BNO5. The second-order valence-electron chi connectivity index (χ2n) is 8.38. The Morgan fingerprint density at radius 1 is 1.03 bits per heavy atom. The van der Waals surface area contributed by atoms with E-state index in [1.165, 1.54) is 7.11 Å². The van der Waals surface area contributed by atoms with Crippen molar-refractivity contribution in [2.75, 3.05) is 13.7 Å². The van der Waals surface area contributed by atoms with Gasteiger partial charge in [0.25, 0.3) is 0 Å². The third-order valence-corrected chi connectivity index (χ3v) is 5.69. The van der Waals surface area contributed by atoms with E-state index in [9.17, 15) is 4.79 Å². The van der Waals surface area contributed by atoms with Crippen LogP contribution in [0.4, 0.5) is 4.79 Å². The highest BCUT2D eigenvalue weighted by atomic mass is 16.7. The minimum atomic E-state index is -0.454. The first-order valence-electron chi connectivity index (χ1n) is 10.2. The molecule has 1 amide bonds. The quantitative estimate of drug-likeness (QED) is 0.702. The van der Waals surface area contributed by atoms with Crippen LogP contribution in [0.2, 0.25) is 0 Å². The Labute approximate surface area is 179 Å². The maximum atomic E-state index is 11.4. The third kappa shape index (κ3) is 5.15. The summed E-state index contributed by atoms with van der Waals surface area (Å²) in [6.07, 6.45) is -0.0821. The summed E-state index contributed by atoms with van der Waals surface area (Å²) in [4.78, 5) is 11.4. The minimum Gasteiger partial charge on any atom is -0.486 e. The number of carbonyl (C=O) groups is 1. The van der Waals surface area contributed by atoms with Gasteiger partial charge in [0.05, 0.1) is 18.3 Å². The second kappa shape index (κ2) is 9.10. The SMILES string of the molecule is COC(=O)NCCC(Oc1cccc(B2OC(C)(C)C(C)(C)O2)c1)c1ccccc1. The smallest absolute Gasteiger partial charge is 0.486 e. The molecule has 2 aromatic carbocycles. The lowest BCUT2D eigenvalue weighted by Gasteiger charge is -2.32. The zero-order chi connectivity index (χ0) is 21.8. The Kier molecular flexibility index (Phi) is 6.73. The summed E-state index contributed by atoms with van der Waals surface area (Å²) in [6.45, 7) is 8.57. The average Bonchev–Trinajstić information content (AvgIpc) is 2.95. The van der Waals surface area contributed by atoms with Crippen molar-refractivity contribution in [2.45, 2.75) is 51.4 Å². The van der Waals surface area contributed by atoms with E-state index < -0.39 is 24.4 Å². The van der Waals surface area contributed by atoms with Crippen molar-refractivity contribution in [3.05, 3.63) is 60.2 Å². The number of hydrogen-bond acceptors (Lipinski definition) is 5. The van der Waals surface area contributed by atoms with Gasteiger partial charge in [-0.3, -0.25) is 0 Å². The summed E-state index contributed by atoms with van der Waals surface area (Å²) >= 11 is 0. The molecular weight excluding hydrogens is 381 g/mol. The van der Waals surface area contributed by atoms with E-state index in [1.807, 2.05) is 82.3 Å². The first kappa shape index (κ1) is 22.2. The topological polar surface area (TPSA) is 66.0 Å². The van der Waals surface area contributed by atoms with E-state index in [-0.39, 0.29) is 6.10 Å². The molecule has 7 heteroatoms. The van der Waals surface area contributed by atoms with Crippen molar-refractivity contribution in [2.24, 2.45) is 0 Å². The Balaban J connectivity index is 1.75. The molecule has 0 saturated carbocycles. The van der Waals surface area contributed by atoms with Gasteiger partial charge in [-0.05, 0) is 50.9 Å². The van der Waals surface area contributed by atoms with Gasteiger partial charge in [0, 0.05) is 13.0 Å². The highest BCUT2D eigenvalue weighted by Crippen LogP contribution is 2.36. The lowest BCUT2D eigenvalue weighted by Crippen LogP contribution is -2.41. The van der Waals surface area contributed by atoms with E-state index in [4.69, 9.17) is 14.0 Å². The van der Waals surface area contributed by atoms with Gasteiger partial charge < -0.3 is 24.1 Å². The number of carbonyl (C=O) groups excluding carboxylic acids is 1. The fourth-order valence-corrected chi connectivity index (χ4v) is 3.22. The van der Waals surface area contributed by atoms with Crippen molar-refractivity contribution in [1.82, 2.24) is 5.32 Å². The number of alkyl carbamates (subject to hydrolysis) is 1. The molecule has 1 atom stereocenters. The Morgan fingerprint density at radius 3 is 2.33 bits per heavy atom. The van der Waals surface area contributed by atoms with Crippen molar-refractivity contribution in [3.8, 4) is 5.75 Å². The summed E-state index contributed by atoms with van der Waals surface area (Å²) in [5.41, 5.74) is 1.14. The van der Waals surface area contributed by atoms with E-state index in [0.29, 0.717) is 18.7 Å². The molecule has 1 heterocycles. The van der Waals surface area contributed by atoms with Crippen LogP contribution in [0, 0.1) is 0 Å². The molecule has 1 unspecified atom stereocenters. The van der Waals surface area contributed by atoms with Crippen LogP contribution < -0.4 is 15.5 Å². The molecule has 0 radical (unpaired) electrons. The van der Waals surface area contributed by atoms with Gasteiger partial charge in [0.15, 0.2) is 0 Å². The molecule has 160 valence electrons. The van der Waals surface area contributed by atoms with Crippen molar-refractivity contribution >= 4 is 18.7 Å². The number of amides is 1. The molecule has 0 aromatic heterocycles. The summed E-state index contributed by atoms with van der Waals surface area (Å²) in [5, 5.41) is 2.71. The van der Waals surface area contributed by atoms with Crippen LogP contribution in [0.3, 0.4) is 0 Å². The van der Waals surface area contributed by atoms with E-state index in [1.54, 1.807) is 0 Å². The Bertz CT molecular complexity index is 840. The molecule has 0 spiro atoms. The predicted molar refractivity (Wildman–Crippen MR) is 117 cm³/mol. The maximum absolute atomic E-state index is 11.4. The molecule has 1 fully saturated rings. The zero-order valence-corrected chi connectivity index (χ0v) is 18.3. The summed E-state index contributed by atoms with van der Waals surface area (Å²) in [7, 11) is 0.900. The highest BCUT2D eigenvalue weighted by molar-refractivity contribution is 6.62. The molecule has 6 nitrogen and oxygen atoms in total. The van der Waals surface area contributed by atoms with Gasteiger partial charge in [0.1, 0.15) is 11.9 Å². The molecule has 1 N–H and O–H groups in total. The van der Waals surface area contributed by atoms with Crippen LogP contribution in [-0.4, -0.2) is 38.1 Å². The molecule has 0 aliphatic carbocycles. The van der Waals surface area contributed by atoms with Gasteiger partial charge in [-0.15, -0.1) is 0 Å². The third-order valence-electron chi connectivity index (χ3n) is 5.69. The van der Waals surface area contributed by atoms with Crippen LogP contribution in [0.5, 0.6) is 5.75 Å². The van der Waals surface area contributed by atoms with Crippen molar-refractivity contribution in [3.63, 3.8) is 0 Å². The Morgan fingerprint density at radius 2 is 1.70 bits per heavy atom. The fourth-order valence-electron chi connectivity index (χ4n) is 3.22. The van der Waals surface area contributed by atoms with Crippen LogP contribution in [0.25, 0.3) is 0 Å². The van der Waals surface area contributed by atoms with Gasteiger partial charge in [-0.2, -0.15) is 0 Å². The van der Waals surface area contributed by atoms with E-state index in [0.717, 1.165) is 11.0 Å². The highest BCUT2D eigenvalue weighted by Gasteiger charge is 2.51. The standard InChI is InChI=1S/C23H30BNO5/c1-22(2)23(3,4)30-24(29-22)18-12-9-13-19(16-18)28-20(14-15-25-21(26)27-5)17-10-7-6-8-11-17/h6-13,16,20H,14-15H2,1-5H3,(H,25,26). The summed E-state index contributed by atoms with van der Waals surface area (Å²) < 4.78 is 23.3. The number of ether oxygens (including phenoxy) is 2. The summed E-state index contributed by atoms with van der Waals surface area (Å²) in [6, 6.07) is 17.7. The predicted octanol–water partition coefficient (Wildman–Crippen LogP) is 3.85. The number of methoxy groups -OCH3 is 1. The van der Waals surface area contributed by atoms with E-state index >= 15 is 0 Å². The molecule has 1 saturated heterocycles. The van der Waals surface area contributed by atoms with Gasteiger partial charge in [-0.25, -0.2) is 4.79 Å². The molecule has 1 aliphatic rings. The number of hydrogen-bond donors (Lipinski definition) is 1. The molecule has 1 aliphatic heterocycles. The van der Waals surface area contributed by atoms with Crippen LogP contribution in [-0.2, 0) is 14.0 Å². The lowest BCUT2D eigenvalue weighted by molar-refractivity contribution is 0.00578. The monoisotopic (exact) mass is 411 g/mol. The van der Waals surface area contributed by atoms with Crippen molar-refractivity contribution in [1.29, 1.82) is 0 Å². The van der Waals surface area contributed by atoms with Gasteiger partial charge >= 0.3 is 13.2 Å². The molecule has 3 rings (SSSR count). The minimum absolute atomic E-state index is 0.225. The number of rotatable bonds is 7. The number of benzene rings is 2. The molecule has 30 heavy (non-hydrogen) atoms. The fraction of sp³-hybridized carbons (Fsp3) is 0.435. The van der Waals surface area contributed by atoms with Crippen molar-refractivity contribution < 1.29 is 23.6 Å². The first-order chi connectivity index (χ1) is 14.2. The Hall–Kier alpha value is -2.51. The van der Waals surface area contributed by atoms with Crippen LogP contribution in [0.15, 0.2) is 54.6 Å². The zero-order valence-electron chi connectivity index (χ0n) is 18.3. The van der Waals surface area contributed by atoms with Gasteiger partial charge in [-0.1, -0.05) is 42.5 Å². The second-order valence-corrected chi connectivity index (χ2v) is 8.38. The van der Waals surface area contributed by atoms with Crippen LogP contribution >= 0.6 is 0 Å². The van der Waals surface area contributed by atoms with Gasteiger partial charge in [0.2, 0.25) is 0 Å². The molecule has 2 aromatic rings. The normalized spacial score (nSPS) is 18.0. The number of nitrogens with one attached hydrogen (secondary N) is 1. The lowest BCUT2D eigenvalue weighted by atomic mass is 9.79. The van der Waals surface area contributed by atoms with E-state index in [2.05, 4.69) is 10.1 Å². The van der Waals surface area contributed by atoms with Crippen LogP contribution in [0.1, 0.15) is 45.8 Å². The summed E-state index contributed by atoms with van der Waals surface area (Å²) in [5.74, 6) is 0.717. The first-order valence-corrected chi connectivity index (χ1v) is 10.2. The molecule has 0 bridgehead atoms. The maximum Gasteiger partial charge on any atom is 0.494 e. The largest absolute Gasteiger partial charge is 0.494 e.